The van der Waals surface area contributed by atoms with E-state index in [1.54, 1.807) is 19.2 Å². The Hall–Kier alpha value is -2.32. The Bertz CT molecular complexity index is 878. The number of hydrogen-bond acceptors (Lipinski definition) is 5. The summed E-state index contributed by atoms with van der Waals surface area (Å²) in [7, 11) is 3.76. The molecule has 3 aliphatic rings. The van der Waals surface area contributed by atoms with Crippen LogP contribution in [0.1, 0.15) is 32.1 Å². The summed E-state index contributed by atoms with van der Waals surface area (Å²) in [6.45, 7) is 3.26. The van der Waals surface area contributed by atoms with Crippen molar-refractivity contribution in [3.63, 3.8) is 0 Å². The first-order chi connectivity index (χ1) is 14.8. The number of rotatable bonds is 4. The Morgan fingerprint density at radius 2 is 1.74 bits per heavy atom. The van der Waals surface area contributed by atoms with Crippen LogP contribution in [0.2, 0.25) is 5.02 Å². The Morgan fingerprint density at radius 3 is 2.42 bits per heavy atom. The Balaban J connectivity index is 1.48. The monoisotopic (exact) mass is 447 g/mol. The van der Waals surface area contributed by atoms with Crippen molar-refractivity contribution in [2.75, 3.05) is 57.0 Å². The summed E-state index contributed by atoms with van der Waals surface area (Å²) in [5, 5.41) is 3.41. The molecule has 1 N–H and O–H groups in total. The number of nitrogens with zero attached hydrogens (tertiary/aromatic N) is 4. The van der Waals surface area contributed by atoms with Gasteiger partial charge in [0.15, 0.2) is 0 Å². The Labute approximate surface area is 188 Å². The van der Waals surface area contributed by atoms with Gasteiger partial charge in [-0.3, -0.25) is 14.5 Å². The van der Waals surface area contributed by atoms with Crippen molar-refractivity contribution in [3.8, 4) is 0 Å². The number of imide groups is 1. The average molecular weight is 448 g/mol. The number of urea groups is 1. The second-order valence-corrected chi connectivity index (χ2v) is 9.26. The molecule has 4 amide bonds. The molecule has 3 fully saturated rings. The van der Waals surface area contributed by atoms with Gasteiger partial charge in [-0.15, -0.1) is 0 Å². The smallest absolute Gasteiger partial charge is 0.327 e. The van der Waals surface area contributed by atoms with Crippen LogP contribution < -0.4 is 10.2 Å². The van der Waals surface area contributed by atoms with Crippen LogP contribution in [0.15, 0.2) is 18.2 Å². The van der Waals surface area contributed by atoms with E-state index >= 15 is 0 Å². The second-order valence-electron chi connectivity index (χ2n) is 8.83. The van der Waals surface area contributed by atoms with Crippen LogP contribution >= 0.6 is 11.6 Å². The maximum Gasteiger partial charge on any atom is 0.327 e. The zero-order valence-corrected chi connectivity index (χ0v) is 19.0. The van der Waals surface area contributed by atoms with Crippen molar-refractivity contribution in [3.05, 3.63) is 23.2 Å². The summed E-state index contributed by atoms with van der Waals surface area (Å²) < 4.78 is 0. The summed E-state index contributed by atoms with van der Waals surface area (Å²) in [6.07, 6.45) is 4.23. The van der Waals surface area contributed by atoms with Crippen LogP contribution in [-0.2, 0) is 9.59 Å². The highest BCUT2D eigenvalue weighted by Crippen LogP contribution is 2.39. The van der Waals surface area contributed by atoms with Crippen molar-refractivity contribution in [2.24, 2.45) is 0 Å². The molecule has 31 heavy (non-hydrogen) atoms. The zero-order chi connectivity index (χ0) is 22.2. The van der Waals surface area contributed by atoms with E-state index in [1.807, 2.05) is 6.07 Å². The highest BCUT2D eigenvalue weighted by Gasteiger charge is 2.55. The highest BCUT2D eigenvalue weighted by molar-refractivity contribution is 6.31. The van der Waals surface area contributed by atoms with Gasteiger partial charge in [-0.2, -0.15) is 0 Å². The van der Waals surface area contributed by atoms with Crippen molar-refractivity contribution >= 4 is 40.8 Å². The van der Waals surface area contributed by atoms with Gasteiger partial charge in [0, 0.05) is 38.2 Å². The molecule has 168 valence electrons. The number of amides is 4. The topological polar surface area (TPSA) is 76.2 Å². The second kappa shape index (κ2) is 8.67. The summed E-state index contributed by atoms with van der Waals surface area (Å²) in [5.74, 6) is -0.652. The lowest BCUT2D eigenvalue weighted by molar-refractivity contribution is -0.136. The van der Waals surface area contributed by atoms with Crippen LogP contribution in [0.4, 0.5) is 16.2 Å². The van der Waals surface area contributed by atoms with Crippen LogP contribution in [-0.4, -0.2) is 84.9 Å². The fraction of sp³-hybridized carbons (Fsp3) is 0.591. The molecule has 1 aliphatic carbocycles. The molecule has 1 spiro atoms. The standard InChI is InChI=1S/C22H30ClN5O3/c1-25-10-12-27(13-11-25)18-7-6-16(23)14-17(18)24-19(29)15-28-20(30)22(26(2)21(28)31)8-4-3-5-9-22/h6-7,14H,3-5,8-13,15H2,1-2H3,(H,24,29). The number of benzene rings is 1. The number of hydrogen-bond donors (Lipinski definition) is 1. The number of nitrogens with one attached hydrogen (secondary N) is 1. The van der Waals surface area contributed by atoms with E-state index < -0.39 is 17.5 Å². The molecule has 2 heterocycles. The average Bonchev–Trinajstić information content (AvgIpc) is 2.92. The minimum Gasteiger partial charge on any atom is -0.367 e. The van der Waals surface area contributed by atoms with Gasteiger partial charge >= 0.3 is 6.03 Å². The van der Waals surface area contributed by atoms with Gasteiger partial charge in [0.1, 0.15) is 12.1 Å². The molecular weight excluding hydrogens is 418 g/mol. The lowest BCUT2D eigenvalue weighted by Crippen LogP contribution is -2.49. The number of piperazine rings is 1. The lowest BCUT2D eigenvalue weighted by Gasteiger charge is -2.35. The van der Waals surface area contributed by atoms with Gasteiger partial charge in [-0.1, -0.05) is 30.9 Å². The molecule has 4 rings (SSSR count). The van der Waals surface area contributed by atoms with Crippen LogP contribution in [0.5, 0.6) is 0 Å². The maximum atomic E-state index is 13.1. The largest absolute Gasteiger partial charge is 0.367 e. The summed E-state index contributed by atoms with van der Waals surface area (Å²) >= 11 is 6.19. The number of likely N-dealkylation sites (N-methyl/N-ethyl adjacent to an activating group) is 2. The van der Waals surface area contributed by atoms with Crippen molar-refractivity contribution in [2.45, 2.75) is 37.6 Å². The fourth-order valence-electron chi connectivity index (χ4n) is 4.94. The highest BCUT2D eigenvalue weighted by atomic mass is 35.5. The number of halogens is 1. The van der Waals surface area contributed by atoms with E-state index in [1.165, 1.54) is 4.90 Å². The molecule has 9 heteroatoms. The molecule has 2 aliphatic heterocycles. The van der Waals surface area contributed by atoms with E-state index in [4.69, 9.17) is 11.6 Å². The molecule has 0 aromatic heterocycles. The van der Waals surface area contributed by atoms with Crippen molar-refractivity contribution in [1.82, 2.24) is 14.7 Å². The Kier molecular flexibility index (Phi) is 6.12. The lowest BCUT2D eigenvalue weighted by atomic mass is 9.81. The first-order valence-electron chi connectivity index (χ1n) is 10.9. The molecule has 0 bridgehead atoms. The molecule has 2 saturated heterocycles. The van der Waals surface area contributed by atoms with Gasteiger partial charge in [0.25, 0.3) is 5.91 Å². The van der Waals surface area contributed by atoms with Crippen molar-refractivity contribution in [1.29, 1.82) is 0 Å². The third-order valence-electron chi connectivity index (χ3n) is 6.86. The van der Waals surface area contributed by atoms with Gasteiger partial charge in [-0.25, -0.2) is 4.79 Å². The summed E-state index contributed by atoms with van der Waals surface area (Å²) in [6, 6.07) is 5.03. The number of carbonyl (C=O) groups excluding carboxylic acids is 3. The number of anilines is 2. The fourth-order valence-corrected chi connectivity index (χ4v) is 5.11. The maximum absolute atomic E-state index is 13.1. The molecule has 0 atom stereocenters. The van der Waals surface area contributed by atoms with Gasteiger partial charge in [0.2, 0.25) is 5.91 Å². The minimum absolute atomic E-state index is 0.250. The first kappa shape index (κ1) is 21.9. The van der Waals surface area contributed by atoms with E-state index in [0.717, 1.165) is 56.0 Å². The minimum atomic E-state index is -0.781. The molecule has 0 radical (unpaired) electrons. The molecule has 1 aromatic carbocycles. The van der Waals surface area contributed by atoms with Gasteiger partial charge in [0.05, 0.1) is 11.4 Å². The van der Waals surface area contributed by atoms with E-state index in [9.17, 15) is 14.4 Å². The van der Waals surface area contributed by atoms with E-state index in [0.29, 0.717) is 23.6 Å². The number of carbonyl (C=O) groups is 3. The normalized spacial score (nSPS) is 21.8. The molecule has 1 saturated carbocycles. The van der Waals surface area contributed by atoms with Crippen LogP contribution in [0, 0.1) is 0 Å². The molecule has 8 nitrogen and oxygen atoms in total. The predicted molar refractivity (Wildman–Crippen MR) is 120 cm³/mol. The Morgan fingerprint density at radius 1 is 1.06 bits per heavy atom. The SMILES string of the molecule is CN1CCN(c2ccc(Cl)cc2NC(=O)CN2C(=O)N(C)C3(CCCCC3)C2=O)CC1. The summed E-state index contributed by atoms with van der Waals surface area (Å²) in [4.78, 5) is 45.9. The third-order valence-corrected chi connectivity index (χ3v) is 7.10. The first-order valence-corrected chi connectivity index (χ1v) is 11.3. The molecular formula is C22H30ClN5O3. The van der Waals surface area contributed by atoms with Gasteiger partial charge < -0.3 is 20.0 Å². The summed E-state index contributed by atoms with van der Waals surface area (Å²) in [5.41, 5.74) is 0.712. The quantitative estimate of drug-likeness (QED) is 0.718. The molecule has 1 aromatic rings. The predicted octanol–water partition coefficient (Wildman–Crippen LogP) is 2.63. The van der Waals surface area contributed by atoms with E-state index in [2.05, 4.69) is 22.2 Å². The molecule has 0 unspecified atom stereocenters. The zero-order valence-electron chi connectivity index (χ0n) is 18.2. The third kappa shape index (κ3) is 4.11. The van der Waals surface area contributed by atoms with Crippen molar-refractivity contribution < 1.29 is 14.4 Å². The van der Waals surface area contributed by atoms with Crippen LogP contribution in [0.3, 0.4) is 0 Å². The van der Waals surface area contributed by atoms with Gasteiger partial charge in [-0.05, 0) is 38.1 Å². The van der Waals surface area contributed by atoms with E-state index in [-0.39, 0.29) is 12.5 Å². The van der Waals surface area contributed by atoms with Crippen LogP contribution in [0.25, 0.3) is 0 Å².